The van der Waals surface area contributed by atoms with Gasteiger partial charge < -0.3 is 24.7 Å². The van der Waals surface area contributed by atoms with Crippen LogP contribution in [0.5, 0.6) is 0 Å². The molecule has 1 unspecified atom stereocenters. The van der Waals surface area contributed by atoms with E-state index in [0.717, 1.165) is 82.9 Å². The van der Waals surface area contributed by atoms with Crippen molar-refractivity contribution in [2.45, 2.75) is 58.5 Å². The molecule has 0 radical (unpaired) electrons. The Bertz CT molecular complexity index is 673. The van der Waals surface area contributed by atoms with E-state index in [9.17, 15) is 0 Å². The van der Waals surface area contributed by atoms with Gasteiger partial charge in [0.25, 0.3) is 0 Å². The van der Waals surface area contributed by atoms with Gasteiger partial charge in [0.15, 0.2) is 11.8 Å². The highest BCUT2D eigenvalue weighted by Gasteiger charge is 2.22. The van der Waals surface area contributed by atoms with E-state index in [4.69, 9.17) is 14.5 Å². The lowest BCUT2D eigenvalue weighted by Crippen LogP contribution is -2.45. The number of likely N-dealkylation sites (N-methyl/N-ethyl adjacent to an activating group) is 1. The van der Waals surface area contributed by atoms with Crippen molar-refractivity contribution in [1.82, 2.24) is 30.3 Å². The first-order chi connectivity index (χ1) is 15.2. The van der Waals surface area contributed by atoms with Crippen LogP contribution in [0.15, 0.2) is 4.99 Å². The van der Waals surface area contributed by atoms with Crippen LogP contribution in [0.4, 0.5) is 0 Å². The largest absolute Gasteiger partial charge is 0.381 e. The van der Waals surface area contributed by atoms with E-state index < -0.39 is 0 Å². The molecular weight excluding hydrogens is 394 g/mol. The summed E-state index contributed by atoms with van der Waals surface area (Å²) in [6, 6.07) is 0.580. The number of hydrogen-bond donors (Lipinski definition) is 2. The molecule has 9 heteroatoms. The molecule has 0 aromatic carbocycles. The Balaban J connectivity index is 1.43. The van der Waals surface area contributed by atoms with Crippen LogP contribution >= 0.6 is 0 Å². The minimum absolute atomic E-state index is 0.509. The number of nitrogens with zero attached hydrogens (tertiary/aromatic N) is 5. The van der Waals surface area contributed by atoms with E-state index in [2.05, 4.69) is 32.7 Å². The predicted molar refractivity (Wildman–Crippen MR) is 122 cm³/mol. The fraction of sp³-hybridized carbons (Fsp3) is 0.864. The summed E-state index contributed by atoms with van der Waals surface area (Å²) in [5.74, 6) is 3.27. The lowest BCUT2D eigenvalue weighted by atomic mass is 10.0. The molecule has 31 heavy (non-hydrogen) atoms. The number of aromatic nitrogens is 3. The third-order valence-corrected chi connectivity index (χ3v) is 6.42. The molecule has 2 N–H and O–H groups in total. The summed E-state index contributed by atoms with van der Waals surface area (Å²) in [4.78, 5) is 7.31. The Morgan fingerprint density at radius 3 is 2.81 bits per heavy atom. The molecule has 0 saturated carbocycles. The van der Waals surface area contributed by atoms with Gasteiger partial charge in [-0.15, -0.1) is 10.2 Å². The summed E-state index contributed by atoms with van der Waals surface area (Å²) in [6.07, 6.45) is 5.73. The van der Waals surface area contributed by atoms with Gasteiger partial charge in [0.2, 0.25) is 0 Å². The fourth-order valence-electron chi connectivity index (χ4n) is 4.21. The summed E-state index contributed by atoms with van der Waals surface area (Å²) in [7, 11) is 1.98. The zero-order chi connectivity index (χ0) is 21.9. The minimum Gasteiger partial charge on any atom is -0.381 e. The van der Waals surface area contributed by atoms with Crippen LogP contribution in [0, 0.1) is 12.8 Å². The second-order valence-electron chi connectivity index (χ2n) is 8.60. The molecule has 2 saturated heterocycles. The molecule has 0 bridgehead atoms. The van der Waals surface area contributed by atoms with Crippen molar-refractivity contribution >= 4 is 5.96 Å². The molecule has 1 atom stereocenters. The van der Waals surface area contributed by atoms with Gasteiger partial charge in [0, 0.05) is 52.6 Å². The number of aryl methyl sites for hydroxylation is 1. The first-order valence-electron chi connectivity index (χ1n) is 11.9. The fourth-order valence-corrected chi connectivity index (χ4v) is 4.21. The Hall–Kier alpha value is -1.71. The molecule has 1 aromatic heterocycles. The lowest BCUT2D eigenvalue weighted by Gasteiger charge is -2.24. The SMILES string of the molecule is CCN1CCCC1CNC(=NCc1nnc(C)n1C)NCCCOCC1CCOCC1. The number of guanidine groups is 1. The van der Waals surface area contributed by atoms with Gasteiger partial charge in [-0.25, -0.2) is 4.99 Å². The van der Waals surface area contributed by atoms with E-state index in [1.165, 1.54) is 19.4 Å². The molecule has 2 aliphatic rings. The molecule has 3 rings (SSSR count). The van der Waals surface area contributed by atoms with E-state index in [0.29, 0.717) is 18.5 Å². The van der Waals surface area contributed by atoms with Crippen molar-refractivity contribution in [1.29, 1.82) is 0 Å². The number of rotatable bonds is 11. The Kier molecular flexibility index (Phi) is 10.0. The maximum absolute atomic E-state index is 5.89. The maximum atomic E-state index is 5.89. The van der Waals surface area contributed by atoms with Crippen molar-refractivity contribution < 1.29 is 9.47 Å². The van der Waals surface area contributed by atoms with Crippen LogP contribution in [0.1, 0.15) is 50.7 Å². The predicted octanol–water partition coefficient (Wildman–Crippen LogP) is 1.48. The standard InChI is InChI=1S/C22H41N7O2/c1-4-29-11-5-7-20(29)15-24-22(25-16-21-27-26-18(2)28(21)3)23-10-6-12-31-17-19-8-13-30-14-9-19/h19-20H,4-17H2,1-3H3,(H2,23,24,25). The molecule has 2 aliphatic heterocycles. The lowest BCUT2D eigenvalue weighted by molar-refractivity contribution is 0.0203. The summed E-state index contributed by atoms with van der Waals surface area (Å²) in [5, 5.41) is 15.4. The van der Waals surface area contributed by atoms with E-state index >= 15 is 0 Å². The summed E-state index contributed by atoms with van der Waals surface area (Å²) < 4.78 is 13.3. The quantitative estimate of drug-likeness (QED) is 0.309. The van der Waals surface area contributed by atoms with Gasteiger partial charge in [-0.2, -0.15) is 0 Å². The third-order valence-electron chi connectivity index (χ3n) is 6.42. The van der Waals surface area contributed by atoms with Crippen LogP contribution in [0.3, 0.4) is 0 Å². The molecule has 0 spiro atoms. The van der Waals surface area contributed by atoms with Crippen molar-refractivity contribution in [3.05, 3.63) is 11.6 Å². The highest BCUT2D eigenvalue weighted by Crippen LogP contribution is 2.16. The topological polar surface area (TPSA) is 88.8 Å². The summed E-state index contributed by atoms with van der Waals surface area (Å²) in [5.41, 5.74) is 0. The molecule has 0 aliphatic carbocycles. The number of aliphatic imine (C=N–C) groups is 1. The first-order valence-corrected chi connectivity index (χ1v) is 11.9. The van der Waals surface area contributed by atoms with Gasteiger partial charge in [0.1, 0.15) is 12.4 Å². The highest BCUT2D eigenvalue weighted by atomic mass is 16.5. The highest BCUT2D eigenvalue weighted by molar-refractivity contribution is 5.79. The molecular formula is C22H41N7O2. The van der Waals surface area contributed by atoms with Gasteiger partial charge >= 0.3 is 0 Å². The molecule has 3 heterocycles. The number of likely N-dealkylation sites (tertiary alicyclic amines) is 1. The van der Waals surface area contributed by atoms with Crippen LogP contribution in [-0.2, 0) is 23.1 Å². The van der Waals surface area contributed by atoms with Crippen LogP contribution in [-0.4, -0.2) is 84.3 Å². The Morgan fingerprint density at radius 1 is 1.23 bits per heavy atom. The molecule has 9 nitrogen and oxygen atoms in total. The minimum atomic E-state index is 0.509. The Morgan fingerprint density at radius 2 is 2.06 bits per heavy atom. The van der Waals surface area contributed by atoms with Crippen LogP contribution in [0.2, 0.25) is 0 Å². The van der Waals surface area contributed by atoms with E-state index in [-0.39, 0.29) is 0 Å². The summed E-state index contributed by atoms with van der Waals surface area (Å²) in [6.45, 7) is 12.1. The number of ether oxygens (including phenoxy) is 2. The normalized spacial score (nSPS) is 21.0. The zero-order valence-electron chi connectivity index (χ0n) is 19.6. The van der Waals surface area contributed by atoms with Gasteiger partial charge in [-0.05, 0) is 58.0 Å². The van der Waals surface area contributed by atoms with Crippen molar-refractivity contribution in [3.63, 3.8) is 0 Å². The van der Waals surface area contributed by atoms with Gasteiger partial charge in [-0.1, -0.05) is 6.92 Å². The smallest absolute Gasteiger partial charge is 0.191 e. The number of nitrogens with one attached hydrogen (secondary N) is 2. The van der Waals surface area contributed by atoms with Gasteiger partial charge in [-0.3, -0.25) is 4.90 Å². The van der Waals surface area contributed by atoms with E-state index in [1.54, 1.807) is 0 Å². The second-order valence-corrected chi connectivity index (χ2v) is 8.60. The monoisotopic (exact) mass is 435 g/mol. The van der Waals surface area contributed by atoms with Gasteiger partial charge in [0.05, 0.1) is 0 Å². The molecule has 176 valence electrons. The maximum Gasteiger partial charge on any atom is 0.191 e. The molecule has 0 amide bonds. The number of hydrogen-bond acceptors (Lipinski definition) is 6. The van der Waals surface area contributed by atoms with Crippen LogP contribution in [0.25, 0.3) is 0 Å². The molecule has 1 aromatic rings. The van der Waals surface area contributed by atoms with E-state index in [1.807, 2.05) is 18.5 Å². The van der Waals surface area contributed by atoms with Crippen molar-refractivity contribution in [3.8, 4) is 0 Å². The average molecular weight is 436 g/mol. The first kappa shape index (κ1) is 23.9. The average Bonchev–Trinajstić information content (AvgIpc) is 3.39. The Labute approximate surface area is 187 Å². The van der Waals surface area contributed by atoms with Crippen molar-refractivity contribution in [2.75, 3.05) is 52.6 Å². The van der Waals surface area contributed by atoms with Crippen LogP contribution < -0.4 is 10.6 Å². The molecule has 2 fully saturated rings. The third kappa shape index (κ3) is 7.73. The summed E-state index contributed by atoms with van der Waals surface area (Å²) >= 11 is 0. The zero-order valence-corrected chi connectivity index (χ0v) is 19.6. The van der Waals surface area contributed by atoms with Crippen molar-refractivity contribution in [2.24, 2.45) is 18.0 Å². The second kappa shape index (κ2) is 13.0.